The number of aromatic amines is 1. The second-order valence-electron chi connectivity index (χ2n) is 3.11. The average Bonchev–Trinajstić information content (AvgIpc) is 2.76. The molecule has 3 nitrogen and oxygen atoms in total. The first-order valence-corrected chi connectivity index (χ1v) is 5.68. The lowest BCUT2D eigenvalue weighted by molar-refractivity contribution is 0.277. The second kappa shape index (κ2) is 5.00. The first kappa shape index (κ1) is 10.3. The van der Waals surface area contributed by atoms with E-state index in [0.29, 0.717) is 0 Å². The molecular weight excluding hydrogens is 208 g/mol. The van der Waals surface area contributed by atoms with E-state index in [2.05, 4.69) is 22.1 Å². The number of thioether (sulfide) groups is 1. The number of imidazole rings is 1. The van der Waals surface area contributed by atoms with Crippen molar-refractivity contribution < 1.29 is 5.11 Å². The molecule has 15 heavy (non-hydrogen) atoms. The van der Waals surface area contributed by atoms with Gasteiger partial charge in [-0.15, -0.1) is 11.8 Å². The molecule has 0 unspecified atom stereocenters. The Kier molecular flexibility index (Phi) is 3.42. The number of H-pyrrole nitrogens is 1. The summed E-state index contributed by atoms with van der Waals surface area (Å²) in [6, 6.07) is 10.2. The molecule has 1 aromatic carbocycles. The van der Waals surface area contributed by atoms with Crippen LogP contribution in [-0.4, -0.2) is 15.1 Å². The maximum absolute atomic E-state index is 8.86. The zero-order valence-electron chi connectivity index (χ0n) is 8.18. The Balaban J connectivity index is 1.93. The van der Waals surface area contributed by atoms with Crippen LogP contribution in [0.1, 0.15) is 11.5 Å². The Morgan fingerprint density at radius 2 is 2.07 bits per heavy atom. The fourth-order valence-electron chi connectivity index (χ4n) is 1.23. The third kappa shape index (κ3) is 2.84. The van der Waals surface area contributed by atoms with Crippen molar-refractivity contribution >= 4 is 11.8 Å². The second-order valence-corrected chi connectivity index (χ2v) is 4.16. The predicted molar refractivity (Wildman–Crippen MR) is 60.5 cm³/mol. The SMILES string of the molecule is OCc1cnc(CSc2ccccc2)[nH]1. The summed E-state index contributed by atoms with van der Waals surface area (Å²) in [5.74, 6) is 1.69. The minimum absolute atomic E-state index is 0.0169. The molecule has 0 atom stereocenters. The van der Waals surface area contributed by atoms with Gasteiger partial charge in [-0.25, -0.2) is 4.98 Å². The molecule has 0 amide bonds. The van der Waals surface area contributed by atoms with Gasteiger partial charge in [0.15, 0.2) is 0 Å². The van der Waals surface area contributed by atoms with Crippen molar-refractivity contribution in [1.29, 1.82) is 0 Å². The minimum Gasteiger partial charge on any atom is -0.390 e. The molecule has 0 bridgehead atoms. The van der Waals surface area contributed by atoms with E-state index < -0.39 is 0 Å². The maximum Gasteiger partial charge on any atom is 0.116 e. The molecule has 0 saturated heterocycles. The van der Waals surface area contributed by atoms with Crippen molar-refractivity contribution in [3.63, 3.8) is 0 Å². The fraction of sp³-hybridized carbons (Fsp3) is 0.182. The van der Waals surface area contributed by atoms with Crippen LogP contribution in [0.25, 0.3) is 0 Å². The number of hydrogen-bond donors (Lipinski definition) is 2. The highest BCUT2D eigenvalue weighted by Gasteiger charge is 2.00. The van der Waals surface area contributed by atoms with Gasteiger partial charge in [0.1, 0.15) is 5.82 Å². The molecule has 0 aliphatic rings. The summed E-state index contributed by atoms with van der Waals surface area (Å²) < 4.78 is 0. The summed E-state index contributed by atoms with van der Waals surface area (Å²) >= 11 is 1.72. The molecule has 2 N–H and O–H groups in total. The van der Waals surface area contributed by atoms with Crippen LogP contribution in [0.15, 0.2) is 41.4 Å². The van der Waals surface area contributed by atoms with Gasteiger partial charge in [-0.05, 0) is 12.1 Å². The molecule has 0 saturated carbocycles. The quantitative estimate of drug-likeness (QED) is 0.776. The summed E-state index contributed by atoms with van der Waals surface area (Å²) in [4.78, 5) is 8.44. The van der Waals surface area contributed by atoms with Crippen molar-refractivity contribution in [2.24, 2.45) is 0 Å². The topological polar surface area (TPSA) is 48.9 Å². The van der Waals surface area contributed by atoms with Crippen LogP contribution in [0.2, 0.25) is 0 Å². The van der Waals surface area contributed by atoms with Gasteiger partial charge in [0.25, 0.3) is 0 Å². The minimum atomic E-state index is 0.0169. The smallest absolute Gasteiger partial charge is 0.116 e. The molecule has 1 heterocycles. The molecule has 0 aliphatic carbocycles. The number of benzene rings is 1. The third-order valence-electron chi connectivity index (χ3n) is 1.97. The first-order chi connectivity index (χ1) is 7.38. The van der Waals surface area contributed by atoms with Gasteiger partial charge in [0.2, 0.25) is 0 Å². The van der Waals surface area contributed by atoms with Crippen molar-refractivity contribution in [3.05, 3.63) is 48.0 Å². The normalized spacial score (nSPS) is 10.5. The lowest BCUT2D eigenvalue weighted by atomic mass is 10.4. The predicted octanol–water partition coefficient (Wildman–Crippen LogP) is 2.19. The molecule has 0 radical (unpaired) electrons. The highest BCUT2D eigenvalue weighted by atomic mass is 32.2. The molecular formula is C11H12N2OS. The lowest BCUT2D eigenvalue weighted by Gasteiger charge is -1.98. The Morgan fingerprint density at radius 1 is 1.27 bits per heavy atom. The van der Waals surface area contributed by atoms with E-state index in [4.69, 9.17) is 5.11 Å². The number of nitrogens with one attached hydrogen (secondary N) is 1. The molecule has 0 aliphatic heterocycles. The fourth-order valence-corrected chi connectivity index (χ4v) is 2.03. The molecule has 78 valence electrons. The number of aliphatic hydroxyl groups excluding tert-OH is 1. The standard InChI is InChI=1S/C11H12N2OS/c14-7-9-6-12-11(13-9)8-15-10-4-2-1-3-5-10/h1-6,14H,7-8H2,(H,12,13). The van der Waals surface area contributed by atoms with Gasteiger partial charge in [0.05, 0.1) is 24.3 Å². The van der Waals surface area contributed by atoms with Gasteiger partial charge in [-0.1, -0.05) is 18.2 Å². The summed E-state index contributed by atoms with van der Waals surface area (Å²) in [7, 11) is 0. The number of aliphatic hydroxyl groups is 1. The van der Waals surface area contributed by atoms with Crippen molar-refractivity contribution in [2.75, 3.05) is 0 Å². The molecule has 0 spiro atoms. The van der Waals surface area contributed by atoms with E-state index in [9.17, 15) is 0 Å². The Hall–Kier alpha value is -1.26. The van der Waals surface area contributed by atoms with E-state index in [1.807, 2.05) is 18.2 Å². The highest BCUT2D eigenvalue weighted by Crippen LogP contribution is 2.20. The van der Waals surface area contributed by atoms with E-state index >= 15 is 0 Å². The van der Waals surface area contributed by atoms with E-state index in [0.717, 1.165) is 17.3 Å². The monoisotopic (exact) mass is 220 g/mol. The number of aromatic nitrogens is 2. The van der Waals surface area contributed by atoms with E-state index in [1.165, 1.54) is 4.90 Å². The lowest BCUT2D eigenvalue weighted by Crippen LogP contribution is -1.85. The molecule has 2 aromatic rings. The first-order valence-electron chi connectivity index (χ1n) is 4.70. The molecule has 0 fully saturated rings. The molecule has 4 heteroatoms. The van der Waals surface area contributed by atoms with Gasteiger partial charge < -0.3 is 10.1 Å². The summed E-state index contributed by atoms with van der Waals surface area (Å²) in [5, 5.41) is 8.86. The van der Waals surface area contributed by atoms with E-state index in [1.54, 1.807) is 18.0 Å². The van der Waals surface area contributed by atoms with Crippen LogP contribution in [0.5, 0.6) is 0 Å². The summed E-state index contributed by atoms with van der Waals surface area (Å²) in [5.41, 5.74) is 0.763. The average molecular weight is 220 g/mol. The van der Waals surface area contributed by atoms with Crippen molar-refractivity contribution in [3.8, 4) is 0 Å². The van der Waals surface area contributed by atoms with Crippen LogP contribution >= 0.6 is 11.8 Å². The third-order valence-corrected chi connectivity index (χ3v) is 2.99. The zero-order valence-corrected chi connectivity index (χ0v) is 9.00. The van der Waals surface area contributed by atoms with Crippen molar-refractivity contribution in [2.45, 2.75) is 17.3 Å². The highest BCUT2D eigenvalue weighted by molar-refractivity contribution is 7.98. The molecule has 2 rings (SSSR count). The number of rotatable bonds is 4. The van der Waals surface area contributed by atoms with Gasteiger partial charge in [-0.3, -0.25) is 0 Å². The zero-order chi connectivity index (χ0) is 10.5. The maximum atomic E-state index is 8.86. The molecule has 1 aromatic heterocycles. The van der Waals surface area contributed by atoms with Gasteiger partial charge >= 0.3 is 0 Å². The Bertz CT molecular complexity index is 414. The summed E-state index contributed by atoms with van der Waals surface area (Å²) in [6.45, 7) is 0.0169. The van der Waals surface area contributed by atoms with Crippen LogP contribution < -0.4 is 0 Å². The van der Waals surface area contributed by atoms with Gasteiger partial charge in [0, 0.05) is 4.90 Å². The Labute approximate surface area is 92.6 Å². The number of nitrogens with zero attached hydrogens (tertiary/aromatic N) is 1. The van der Waals surface area contributed by atoms with Gasteiger partial charge in [-0.2, -0.15) is 0 Å². The van der Waals surface area contributed by atoms with Crippen molar-refractivity contribution in [1.82, 2.24) is 9.97 Å². The van der Waals surface area contributed by atoms with Crippen LogP contribution in [-0.2, 0) is 12.4 Å². The number of hydrogen-bond acceptors (Lipinski definition) is 3. The van der Waals surface area contributed by atoms with Crippen LogP contribution in [0.3, 0.4) is 0 Å². The van der Waals surface area contributed by atoms with Crippen LogP contribution in [0, 0.1) is 0 Å². The van der Waals surface area contributed by atoms with Crippen LogP contribution in [0.4, 0.5) is 0 Å². The Morgan fingerprint density at radius 3 is 2.73 bits per heavy atom. The van der Waals surface area contributed by atoms with E-state index in [-0.39, 0.29) is 6.61 Å². The summed E-state index contributed by atoms with van der Waals surface area (Å²) in [6.07, 6.45) is 1.67. The largest absolute Gasteiger partial charge is 0.390 e.